The van der Waals surface area contributed by atoms with Crippen molar-refractivity contribution < 1.29 is 9.53 Å². The van der Waals surface area contributed by atoms with Gasteiger partial charge in [0.2, 0.25) is 5.95 Å². The van der Waals surface area contributed by atoms with Gasteiger partial charge in [-0.15, -0.1) is 0 Å². The van der Waals surface area contributed by atoms with E-state index in [0.717, 1.165) is 36.6 Å². The Morgan fingerprint density at radius 3 is 2.37 bits per heavy atom. The molecule has 0 atom stereocenters. The fourth-order valence-electron chi connectivity index (χ4n) is 4.50. The second kappa shape index (κ2) is 15.3. The molecule has 0 bridgehead atoms. The number of likely N-dealkylation sites (tertiary alicyclic amines) is 1. The van der Waals surface area contributed by atoms with Crippen molar-refractivity contribution in [2.45, 2.75) is 32.4 Å². The maximum Gasteiger partial charge on any atom is 0.252 e. The van der Waals surface area contributed by atoms with Crippen molar-refractivity contribution in [2.75, 3.05) is 32.1 Å². The predicted octanol–water partition coefficient (Wildman–Crippen LogP) is 5.75. The lowest BCUT2D eigenvalue weighted by Crippen LogP contribution is -2.36. The van der Waals surface area contributed by atoms with E-state index in [1.54, 1.807) is 18.3 Å². The van der Waals surface area contributed by atoms with Crippen LogP contribution in [0, 0.1) is 18.3 Å². The van der Waals surface area contributed by atoms with Gasteiger partial charge in [0, 0.05) is 49.8 Å². The third kappa shape index (κ3) is 9.24. The van der Waals surface area contributed by atoms with Crippen LogP contribution in [-0.2, 0) is 11.3 Å². The summed E-state index contributed by atoms with van der Waals surface area (Å²) in [6, 6.07) is 29.4. The summed E-state index contributed by atoms with van der Waals surface area (Å²) >= 11 is 0. The van der Waals surface area contributed by atoms with E-state index in [4.69, 9.17) is 10.00 Å². The number of nitrogens with zero attached hydrogens (tertiary/aromatic N) is 4. The number of benzene rings is 3. The molecule has 5 rings (SSSR count). The first-order valence-corrected chi connectivity index (χ1v) is 13.8. The number of anilines is 2. The number of hydrogen-bond acceptors (Lipinski definition) is 7. The van der Waals surface area contributed by atoms with Crippen LogP contribution in [0.25, 0.3) is 11.3 Å². The van der Waals surface area contributed by atoms with E-state index in [0.29, 0.717) is 17.6 Å². The highest BCUT2D eigenvalue weighted by atomic mass is 16.5. The first-order valence-electron chi connectivity index (χ1n) is 13.8. The van der Waals surface area contributed by atoms with Gasteiger partial charge in [-0.25, -0.2) is 9.97 Å². The molecule has 1 fully saturated rings. The summed E-state index contributed by atoms with van der Waals surface area (Å²) < 4.78 is 5.36. The van der Waals surface area contributed by atoms with E-state index >= 15 is 0 Å². The summed E-state index contributed by atoms with van der Waals surface area (Å²) in [6.07, 6.45) is 4.51. The summed E-state index contributed by atoms with van der Waals surface area (Å²) in [6.45, 7) is 5.42. The molecule has 8 nitrogen and oxygen atoms in total. The molecule has 0 aliphatic carbocycles. The van der Waals surface area contributed by atoms with Crippen LogP contribution < -0.4 is 10.6 Å². The van der Waals surface area contributed by atoms with Crippen LogP contribution in [0.15, 0.2) is 91.1 Å². The molecular weight excluding hydrogens is 512 g/mol. The number of hydrogen-bond donors (Lipinski definition) is 2. The van der Waals surface area contributed by atoms with Gasteiger partial charge >= 0.3 is 0 Å². The summed E-state index contributed by atoms with van der Waals surface area (Å²) in [5.74, 6) is 0.227. The van der Waals surface area contributed by atoms with Crippen molar-refractivity contribution >= 4 is 17.5 Å². The largest absolute Gasteiger partial charge is 0.381 e. The zero-order chi connectivity index (χ0) is 28.9. The van der Waals surface area contributed by atoms with Gasteiger partial charge in [0.15, 0.2) is 0 Å². The molecule has 0 saturated carbocycles. The number of amides is 1. The normalized spacial score (nSPS) is 13.4. The summed E-state index contributed by atoms with van der Waals surface area (Å²) in [5.41, 5.74) is 5.63. The maximum absolute atomic E-state index is 11.8. The van der Waals surface area contributed by atoms with Crippen molar-refractivity contribution in [3.63, 3.8) is 0 Å². The molecule has 1 aliphatic rings. The van der Waals surface area contributed by atoms with Crippen LogP contribution in [0.5, 0.6) is 0 Å². The highest BCUT2D eigenvalue weighted by molar-refractivity contribution is 5.94. The topological polar surface area (TPSA) is 103 Å². The second-order valence-electron chi connectivity index (χ2n) is 9.87. The van der Waals surface area contributed by atoms with Crippen molar-refractivity contribution in [3.8, 4) is 17.3 Å². The average molecular weight is 549 g/mol. The molecule has 0 radical (unpaired) electrons. The molecule has 0 spiro atoms. The summed E-state index contributed by atoms with van der Waals surface area (Å²) in [5, 5.41) is 14.2. The molecule has 1 aliphatic heterocycles. The minimum atomic E-state index is -0.275. The number of carbonyl (C=O) groups is 1. The molecule has 8 heteroatoms. The first-order chi connectivity index (χ1) is 20.0. The Bertz CT molecular complexity index is 1410. The standard InChI is InChI=1S/C20H17N5O.C13H19NO/c1-14-2-8-17(9-3-14)24-20-23-12-10-18(25-20)15-4-6-16(7-5-15)19(26)22-13-11-21;1-15-13-7-9-14(10-8-13)11-12-5-3-2-4-6-12/h2-10,12H,13H2,1H3,(H,22,26)(H,23,24,25);2-6,13H,7-11H2,1H3. The van der Waals surface area contributed by atoms with Gasteiger partial charge in [-0.1, -0.05) is 60.2 Å². The lowest BCUT2D eigenvalue weighted by Gasteiger charge is -2.31. The highest BCUT2D eigenvalue weighted by Crippen LogP contribution is 2.20. The maximum atomic E-state index is 11.8. The minimum Gasteiger partial charge on any atom is -0.381 e. The third-order valence-corrected chi connectivity index (χ3v) is 6.85. The lowest BCUT2D eigenvalue weighted by atomic mass is 10.1. The number of ether oxygens (including phenoxy) is 1. The number of aromatic nitrogens is 2. The molecule has 4 aromatic rings. The van der Waals surface area contributed by atoms with Gasteiger partial charge in [-0.3, -0.25) is 9.69 Å². The van der Waals surface area contributed by atoms with Crippen LogP contribution in [0.3, 0.4) is 0 Å². The zero-order valence-corrected chi connectivity index (χ0v) is 23.6. The Morgan fingerprint density at radius 1 is 1.00 bits per heavy atom. The van der Waals surface area contributed by atoms with Crippen molar-refractivity contribution in [1.82, 2.24) is 20.2 Å². The van der Waals surface area contributed by atoms with E-state index in [1.807, 2.05) is 62.6 Å². The van der Waals surface area contributed by atoms with Gasteiger partial charge in [0.1, 0.15) is 6.54 Å². The minimum absolute atomic E-state index is 0.0134. The number of methoxy groups -OCH3 is 1. The lowest BCUT2D eigenvalue weighted by molar-refractivity contribution is 0.0388. The number of piperidine rings is 1. The fourth-order valence-corrected chi connectivity index (χ4v) is 4.50. The Labute approximate surface area is 242 Å². The van der Waals surface area contributed by atoms with Gasteiger partial charge in [-0.2, -0.15) is 5.26 Å². The first kappa shape index (κ1) is 29.4. The summed E-state index contributed by atoms with van der Waals surface area (Å²) in [7, 11) is 1.82. The number of nitriles is 1. The Kier molecular flexibility index (Phi) is 11.0. The molecule has 41 heavy (non-hydrogen) atoms. The monoisotopic (exact) mass is 548 g/mol. The van der Waals surface area contributed by atoms with E-state index in [2.05, 4.69) is 55.8 Å². The SMILES string of the molecule is COC1CCN(Cc2ccccc2)CC1.Cc1ccc(Nc2nccc(-c3ccc(C(=O)NCC#N)cc3)n2)cc1. The number of aryl methyl sites for hydroxylation is 1. The van der Waals surface area contributed by atoms with Crippen molar-refractivity contribution in [1.29, 1.82) is 5.26 Å². The number of nitrogens with one attached hydrogen (secondary N) is 2. The van der Waals surface area contributed by atoms with E-state index in [1.165, 1.54) is 24.0 Å². The third-order valence-electron chi connectivity index (χ3n) is 6.85. The molecule has 3 aromatic carbocycles. The molecule has 1 aromatic heterocycles. The second-order valence-corrected chi connectivity index (χ2v) is 9.87. The van der Waals surface area contributed by atoms with E-state index < -0.39 is 0 Å². The molecule has 2 N–H and O–H groups in total. The van der Waals surface area contributed by atoms with Crippen LogP contribution in [0.4, 0.5) is 11.6 Å². The molecule has 1 saturated heterocycles. The van der Waals surface area contributed by atoms with Crippen LogP contribution in [-0.4, -0.2) is 53.6 Å². The molecule has 210 valence electrons. The molecule has 1 amide bonds. The molecular formula is C33H36N6O2. The van der Waals surface area contributed by atoms with Crippen LogP contribution in [0.2, 0.25) is 0 Å². The fraction of sp³-hybridized carbons (Fsp3) is 0.273. The van der Waals surface area contributed by atoms with Crippen LogP contribution >= 0.6 is 0 Å². The van der Waals surface area contributed by atoms with Gasteiger partial charge in [0.25, 0.3) is 5.91 Å². The van der Waals surface area contributed by atoms with Gasteiger partial charge in [-0.05, 0) is 55.7 Å². The summed E-state index contributed by atoms with van der Waals surface area (Å²) in [4.78, 5) is 23.1. The quantitative estimate of drug-likeness (QED) is 0.270. The van der Waals surface area contributed by atoms with Crippen molar-refractivity contribution in [2.24, 2.45) is 0 Å². The highest BCUT2D eigenvalue weighted by Gasteiger charge is 2.18. The van der Waals surface area contributed by atoms with Crippen molar-refractivity contribution in [3.05, 3.63) is 108 Å². The number of rotatable bonds is 8. The predicted molar refractivity (Wildman–Crippen MR) is 162 cm³/mol. The van der Waals surface area contributed by atoms with Gasteiger partial charge in [0.05, 0.1) is 17.9 Å². The van der Waals surface area contributed by atoms with Gasteiger partial charge < -0.3 is 15.4 Å². The average Bonchev–Trinajstić information content (AvgIpc) is 3.02. The smallest absolute Gasteiger partial charge is 0.252 e. The Balaban J connectivity index is 0.000000218. The number of carbonyl (C=O) groups excluding carboxylic acids is 1. The molecule has 2 heterocycles. The van der Waals surface area contributed by atoms with E-state index in [-0.39, 0.29) is 12.5 Å². The van der Waals surface area contributed by atoms with E-state index in [9.17, 15) is 4.79 Å². The Hall–Kier alpha value is -4.58. The molecule has 0 unspecified atom stereocenters. The zero-order valence-electron chi connectivity index (χ0n) is 23.6. The van der Waals surface area contributed by atoms with Crippen LogP contribution in [0.1, 0.15) is 34.3 Å². The Morgan fingerprint density at radius 2 is 1.71 bits per heavy atom.